The van der Waals surface area contributed by atoms with Crippen LogP contribution < -0.4 is 10.6 Å². The molecule has 0 bridgehead atoms. The Morgan fingerprint density at radius 1 is 1.17 bits per heavy atom. The van der Waals surface area contributed by atoms with Crippen LogP contribution in [0.25, 0.3) is 0 Å². The Morgan fingerprint density at radius 3 is 2.53 bits per heavy atom. The van der Waals surface area contributed by atoms with E-state index >= 15 is 0 Å². The monoisotopic (exact) mass is 424 g/mol. The summed E-state index contributed by atoms with van der Waals surface area (Å²) in [6, 6.07) is 13.5. The van der Waals surface area contributed by atoms with Crippen LogP contribution in [0.5, 0.6) is 0 Å². The lowest BCUT2D eigenvalue weighted by atomic mass is 9.92. The average Bonchev–Trinajstić information content (AvgIpc) is 2.74. The first kappa shape index (κ1) is 21.9. The number of nitrogens with one attached hydrogen (secondary N) is 2. The zero-order valence-corrected chi connectivity index (χ0v) is 18.7. The van der Waals surface area contributed by atoms with Crippen LogP contribution >= 0.6 is 11.8 Å². The molecule has 2 N–H and O–H groups in total. The summed E-state index contributed by atoms with van der Waals surface area (Å²) >= 11 is 1.67. The molecule has 1 aliphatic heterocycles. The molecule has 0 radical (unpaired) electrons. The van der Waals surface area contributed by atoms with Gasteiger partial charge in [-0.3, -0.25) is 4.79 Å². The third-order valence-corrected chi connectivity index (χ3v) is 5.76. The van der Waals surface area contributed by atoms with Crippen molar-refractivity contribution in [2.24, 2.45) is 5.10 Å². The molecule has 2 aromatic carbocycles. The molecule has 1 atom stereocenters. The van der Waals surface area contributed by atoms with Crippen molar-refractivity contribution in [3.8, 4) is 0 Å². The Bertz CT molecular complexity index is 956. The highest BCUT2D eigenvalue weighted by molar-refractivity contribution is 7.98. The fourth-order valence-corrected chi connectivity index (χ4v) is 3.85. The highest BCUT2D eigenvalue weighted by Crippen LogP contribution is 2.34. The Balaban J connectivity index is 2.01. The van der Waals surface area contributed by atoms with Gasteiger partial charge in [-0.15, -0.1) is 11.8 Å². The zero-order chi connectivity index (χ0) is 21.7. The molecule has 1 aliphatic rings. The van der Waals surface area contributed by atoms with Gasteiger partial charge in [0.05, 0.1) is 11.8 Å². The summed E-state index contributed by atoms with van der Waals surface area (Å²) in [6.07, 6.45) is 3.99. The van der Waals surface area contributed by atoms with Crippen molar-refractivity contribution in [3.63, 3.8) is 0 Å². The summed E-state index contributed by atoms with van der Waals surface area (Å²) in [5.41, 5.74) is 4.46. The van der Waals surface area contributed by atoms with E-state index in [1.54, 1.807) is 11.8 Å². The SMILES string of the molecule is CCCCNC(=O)N1N=C(c2ccc(NC(C)=O)cc2)c2cc(SC)ccc2C1C. The lowest BCUT2D eigenvalue weighted by Gasteiger charge is -2.32. The van der Waals surface area contributed by atoms with Crippen LogP contribution in [0.2, 0.25) is 0 Å². The number of benzene rings is 2. The predicted molar refractivity (Wildman–Crippen MR) is 123 cm³/mol. The van der Waals surface area contributed by atoms with Crippen LogP contribution in [0.15, 0.2) is 52.5 Å². The molecule has 3 rings (SSSR count). The van der Waals surface area contributed by atoms with E-state index in [0.717, 1.165) is 45.8 Å². The second kappa shape index (κ2) is 9.80. The van der Waals surface area contributed by atoms with E-state index in [1.165, 1.54) is 11.9 Å². The van der Waals surface area contributed by atoms with E-state index in [0.29, 0.717) is 6.54 Å². The fourth-order valence-electron chi connectivity index (χ4n) is 3.41. The molecule has 30 heavy (non-hydrogen) atoms. The number of hydrogen-bond acceptors (Lipinski definition) is 4. The fraction of sp³-hybridized carbons (Fsp3) is 0.348. The van der Waals surface area contributed by atoms with Crippen molar-refractivity contribution in [3.05, 3.63) is 59.2 Å². The molecule has 0 aromatic heterocycles. The molecule has 3 amide bonds. The number of carbonyl (C=O) groups is 2. The van der Waals surface area contributed by atoms with E-state index in [-0.39, 0.29) is 18.0 Å². The molecule has 7 heteroatoms. The predicted octanol–water partition coefficient (Wildman–Crippen LogP) is 5.01. The number of hydrazone groups is 1. The van der Waals surface area contributed by atoms with Gasteiger partial charge in [0.2, 0.25) is 5.91 Å². The number of anilines is 1. The Kier molecular flexibility index (Phi) is 7.15. The molecule has 0 fully saturated rings. The van der Waals surface area contributed by atoms with Crippen molar-refractivity contribution in [1.29, 1.82) is 0 Å². The van der Waals surface area contributed by atoms with Gasteiger partial charge in [0.15, 0.2) is 0 Å². The summed E-state index contributed by atoms with van der Waals surface area (Å²) in [4.78, 5) is 25.3. The first-order chi connectivity index (χ1) is 14.4. The van der Waals surface area contributed by atoms with Crippen LogP contribution in [0.1, 0.15) is 56.3 Å². The summed E-state index contributed by atoms with van der Waals surface area (Å²) in [5, 5.41) is 12.0. The van der Waals surface area contributed by atoms with Gasteiger partial charge in [0.1, 0.15) is 0 Å². The molecule has 1 unspecified atom stereocenters. The Labute approximate surface area is 182 Å². The third-order valence-electron chi connectivity index (χ3n) is 5.03. The third kappa shape index (κ3) is 4.84. The van der Waals surface area contributed by atoms with E-state index in [1.807, 2.05) is 37.4 Å². The molecule has 0 spiro atoms. The maximum atomic E-state index is 12.8. The lowest BCUT2D eigenvalue weighted by molar-refractivity contribution is -0.114. The van der Waals surface area contributed by atoms with E-state index in [4.69, 9.17) is 5.10 Å². The quantitative estimate of drug-likeness (QED) is 0.506. The minimum Gasteiger partial charge on any atom is -0.336 e. The summed E-state index contributed by atoms with van der Waals surface area (Å²) < 4.78 is 0. The summed E-state index contributed by atoms with van der Waals surface area (Å²) in [6.45, 7) is 6.20. The molecule has 0 saturated carbocycles. The molecule has 0 saturated heterocycles. The number of nitrogens with zero attached hydrogens (tertiary/aromatic N) is 2. The molecular weight excluding hydrogens is 396 g/mol. The number of carbonyl (C=O) groups excluding carboxylic acids is 2. The van der Waals surface area contributed by atoms with Gasteiger partial charge in [-0.2, -0.15) is 5.10 Å². The number of rotatable bonds is 6. The lowest BCUT2D eigenvalue weighted by Crippen LogP contribution is -2.41. The van der Waals surface area contributed by atoms with Gasteiger partial charge < -0.3 is 10.6 Å². The first-order valence-corrected chi connectivity index (χ1v) is 11.4. The van der Waals surface area contributed by atoms with Crippen molar-refractivity contribution >= 4 is 35.1 Å². The molecule has 2 aromatic rings. The van der Waals surface area contributed by atoms with Crippen molar-refractivity contribution in [2.45, 2.75) is 44.6 Å². The second-order valence-electron chi connectivity index (χ2n) is 7.27. The standard InChI is InChI=1S/C23H28N4O2S/c1-5-6-13-24-23(29)27-15(2)20-12-11-19(30-4)14-21(20)22(26-27)17-7-9-18(10-8-17)25-16(3)28/h7-12,14-15H,5-6,13H2,1-4H3,(H,24,29)(H,25,28). The van der Waals surface area contributed by atoms with Gasteiger partial charge in [0, 0.05) is 35.2 Å². The van der Waals surface area contributed by atoms with Gasteiger partial charge in [0.25, 0.3) is 0 Å². The Morgan fingerprint density at radius 2 is 1.90 bits per heavy atom. The summed E-state index contributed by atoms with van der Waals surface area (Å²) in [7, 11) is 0. The average molecular weight is 425 g/mol. The highest BCUT2D eigenvalue weighted by atomic mass is 32.2. The second-order valence-corrected chi connectivity index (χ2v) is 8.15. The van der Waals surface area contributed by atoms with Crippen molar-refractivity contribution < 1.29 is 9.59 Å². The molecular formula is C23H28N4O2S. The molecule has 6 nitrogen and oxygen atoms in total. The van der Waals surface area contributed by atoms with E-state index in [2.05, 4.69) is 35.8 Å². The van der Waals surface area contributed by atoms with Gasteiger partial charge >= 0.3 is 6.03 Å². The van der Waals surface area contributed by atoms with Crippen LogP contribution in [-0.4, -0.2) is 35.5 Å². The maximum absolute atomic E-state index is 12.8. The van der Waals surface area contributed by atoms with Crippen LogP contribution in [0.4, 0.5) is 10.5 Å². The van der Waals surface area contributed by atoms with Gasteiger partial charge in [-0.1, -0.05) is 31.5 Å². The van der Waals surface area contributed by atoms with Crippen LogP contribution in [0, 0.1) is 0 Å². The maximum Gasteiger partial charge on any atom is 0.338 e. The van der Waals surface area contributed by atoms with Gasteiger partial charge in [-0.25, -0.2) is 9.80 Å². The van der Waals surface area contributed by atoms with Crippen LogP contribution in [0.3, 0.4) is 0 Å². The smallest absolute Gasteiger partial charge is 0.336 e. The Hall–Kier alpha value is -2.80. The molecule has 158 valence electrons. The minimum atomic E-state index is -0.192. The normalized spacial score (nSPS) is 15.3. The van der Waals surface area contributed by atoms with Crippen molar-refractivity contribution in [1.82, 2.24) is 10.3 Å². The number of unbranched alkanes of at least 4 members (excludes halogenated alkanes) is 1. The van der Waals surface area contributed by atoms with E-state index < -0.39 is 0 Å². The summed E-state index contributed by atoms with van der Waals surface area (Å²) in [5.74, 6) is -0.114. The molecule has 0 aliphatic carbocycles. The number of hydrogen-bond donors (Lipinski definition) is 2. The first-order valence-electron chi connectivity index (χ1n) is 10.2. The zero-order valence-electron chi connectivity index (χ0n) is 17.9. The van der Waals surface area contributed by atoms with E-state index in [9.17, 15) is 9.59 Å². The van der Waals surface area contributed by atoms with Crippen molar-refractivity contribution in [2.75, 3.05) is 18.1 Å². The number of urea groups is 1. The number of fused-ring (bicyclic) bond motifs is 1. The van der Waals surface area contributed by atoms with Gasteiger partial charge in [-0.05, 0) is 49.4 Å². The number of thioether (sulfide) groups is 1. The van der Waals surface area contributed by atoms with Crippen LogP contribution in [-0.2, 0) is 4.79 Å². The highest BCUT2D eigenvalue weighted by Gasteiger charge is 2.30. The molecule has 1 heterocycles. The largest absolute Gasteiger partial charge is 0.338 e. The minimum absolute atomic E-state index is 0.114. The topological polar surface area (TPSA) is 73.8 Å². The number of amides is 3.